The summed E-state index contributed by atoms with van der Waals surface area (Å²) in [6.45, 7) is 3.52. The van der Waals surface area contributed by atoms with Gasteiger partial charge in [0.1, 0.15) is 5.75 Å². The van der Waals surface area contributed by atoms with Crippen molar-refractivity contribution in [2.45, 2.75) is 18.7 Å². The highest BCUT2D eigenvalue weighted by molar-refractivity contribution is 7.90. The van der Waals surface area contributed by atoms with Crippen LogP contribution in [0.1, 0.15) is 13.8 Å². The van der Waals surface area contributed by atoms with E-state index in [0.717, 1.165) is 6.26 Å². The van der Waals surface area contributed by atoms with E-state index in [9.17, 15) is 16.8 Å². The highest BCUT2D eigenvalue weighted by Gasteiger charge is 2.25. The Balaban J connectivity index is 2.81. The quantitative estimate of drug-likeness (QED) is 0.834. The number of sulfone groups is 1. The molecule has 0 aromatic heterocycles. The zero-order valence-corrected chi connectivity index (χ0v) is 13.3. The van der Waals surface area contributed by atoms with E-state index in [4.69, 9.17) is 9.88 Å². The zero-order chi connectivity index (χ0) is 15.6. The normalized spacial score (nSPS) is 13.2. The van der Waals surface area contributed by atoms with Crippen LogP contribution in [-0.2, 0) is 19.9 Å². The van der Waals surface area contributed by atoms with Gasteiger partial charge in [0.05, 0.1) is 17.3 Å². The van der Waals surface area contributed by atoms with Crippen LogP contribution >= 0.6 is 0 Å². The van der Waals surface area contributed by atoms with Gasteiger partial charge in [0.15, 0.2) is 9.84 Å². The van der Waals surface area contributed by atoms with Gasteiger partial charge in [-0.3, -0.25) is 0 Å². The summed E-state index contributed by atoms with van der Waals surface area (Å²) in [6.07, 6.45) is 1.11. The molecule has 20 heavy (non-hydrogen) atoms. The van der Waals surface area contributed by atoms with Crippen molar-refractivity contribution in [3.8, 4) is 5.75 Å². The molecule has 1 aromatic carbocycles. The summed E-state index contributed by atoms with van der Waals surface area (Å²) in [5.74, 6) is 0.154. The van der Waals surface area contributed by atoms with Gasteiger partial charge in [0.25, 0.3) is 0 Å². The molecule has 0 amide bonds. The SMILES string of the molecule is CC(C)(COc1cccc(S(C)(=O)=O)c1)CS(N)(=O)=O. The number of benzene rings is 1. The Morgan fingerprint density at radius 3 is 2.30 bits per heavy atom. The van der Waals surface area contributed by atoms with Crippen molar-refractivity contribution in [1.82, 2.24) is 0 Å². The standard InChI is InChI=1S/C12H19NO5S2/c1-12(2,9-20(13,16)17)8-18-10-5-4-6-11(7-10)19(3,14)15/h4-7H,8-9H2,1-3H3,(H2,13,16,17). The molecule has 0 spiro atoms. The van der Waals surface area contributed by atoms with Gasteiger partial charge in [-0.05, 0) is 18.2 Å². The van der Waals surface area contributed by atoms with E-state index in [1.807, 2.05) is 0 Å². The molecule has 0 heterocycles. The predicted molar refractivity (Wildman–Crippen MR) is 76.8 cm³/mol. The molecule has 1 aromatic rings. The molecular formula is C12H19NO5S2. The number of sulfonamides is 1. The minimum Gasteiger partial charge on any atom is -0.493 e. The molecule has 0 unspecified atom stereocenters. The molecule has 0 aliphatic heterocycles. The molecular weight excluding hydrogens is 302 g/mol. The summed E-state index contributed by atoms with van der Waals surface area (Å²) in [4.78, 5) is 0.152. The summed E-state index contributed by atoms with van der Waals surface area (Å²) in [6, 6.07) is 6.06. The summed E-state index contributed by atoms with van der Waals surface area (Å²) in [5.41, 5.74) is -0.672. The average Bonchev–Trinajstić information content (AvgIpc) is 2.22. The summed E-state index contributed by atoms with van der Waals surface area (Å²) < 4.78 is 50.5. The largest absolute Gasteiger partial charge is 0.493 e. The maximum absolute atomic E-state index is 11.4. The van der Waals surface area contributed by atoms with E-state index in [1.165, 1.54) is 12.1 Å². The van der Waals surface area contributed by atoms with Crippen LogP contribution in [0, 0.1) is 5.41 Å². The van der Waals surface area contributed by atoms with Crippen LogP contribution in [0.5, 0.6) is 5.75 Å². The monoisotopic (exact) mass is 321 g/mol. The molecule has 8 heteroatoms. The second-order valence-corrected chi connectivity index (χ2v) is 9.14. The number of rotatable bonds is 6. The lowest BCUT2D eigenvalue weighted by Crippen LogP contribution is -2.33. The Morgan fingerprint density at radius 2 is 1.80 bits per heavy atom. The average molecular weight is 321 g/mol. The van der Waals surface area contributed by atoms with Crippen molar-refractivity contribution in [2.75, 3.05) is 18.6 Å². The van der Waals surface area contributed by atoms with Crippen LogP contribution in [0.2, 0.25) is 0 Å². The van der Waals surface area contributed by atoms with E-state index < -0.39 is 25.3 Å². The van der Waals surface area contributed by atoms with Gasteiger partial charge in [-0.15, -0.1) is 0 Å². The van der Waals surface area contributed by atoms with Crippen LogP contribution in [-0.4, -0.2) is 35.5 Å². The Kier molecular flexibility index (Phi) is 4.83. The smallest absolute Gasteiger partial charge is 0.209 e. The van der Waals surface area contributed by atoms with Gasteiger partial charge >= 0.3 is 0 Å². The van der Waals surface area contributed by atoms with Gasteiger partial charge in [-0.25, -0.2) is 22.0 Å². The first-order chi connectivity index (χ1) is 8.89. The first kappa shape index (κ1) is 16.9. The van der Waals surface area contributed by atoms with Crippen molar-refractivity contribution < 1.29 is 21.6 Å². The highest BCUT2D eigenvalue weighted by Crippen LogP contribution is 2.22. The van der Waals surface area contributed by atoms with E-state index in [-0.39, 0.29) is 17.3 Å². The minimum absolute atomic E-state index is 0.108. The Labute approximate surface area is 119 Å². The second kappa shape index (κ2) is 5.71. The number of hydrogen-bond acceptors (Lipinski definition) is 5. The fourth-order valence-corrected chi connectivity index (χ4v) is 3.49. The van der Waals surface area contributed by atoms with Crippen molar-refractivity contribution in [3.63, 3.8) is 0 Å². The van der Waals surface area contributed by atoms with E-state index in [1.54, 1.807) is 26.0 Å². The number of nitrogens with two attached hydrogens (primary N) is 1. The number of hydrogen-bond donors (Lipinski definition) is 1. The van der Waals surface area contributed by atoms with Crippen molar-refractivity contribution >= 4 is 19.9 Å². The third-order valence-corrected chi connectivity index (χ3v) is 4.75. The Bertz CT molecular complexity index is 678. The fraction of sp³-hybridized carbons (Fsp3) is 0.500. The molecule has 114 valence electrons. The topological polar surface area (TPSA) is 104 Å². The molecule has 0 aliphatic carbocycles. The first-order valence-corrected chi connectivity index (χ1v) is 9.43. The molecule has 0 atom stereocenters. The van der Waals surface area contributed by atoms with E-state index in [0.29, 0.717) is 5.75 Å². The molecule has 0 saturated carbocycles. The summed E-state index contributed by atoms with van der Waals surface area (Å²) in [5, 5.41) is 5.01. The minimum atomic E-state index is -3.59. The fourth-order valence-electron chi connectivity index (χ4n) is 1.66. The molecule has 0 aliphatic rings. The van der Waals surface area contributed by atoms with E-state index >= 15 is 0 Å². The Hall–Kier alpha value is -1.12. The molecule has 0 saturated heterocycles. The van der Waals surface area contributed by atoms with Gasteiger partial charge in [0, 0.05) is 11.7 Å². The molecule has 0 fully saturated rings. The molecule has 0 radical (unpaired) electrons. The maximum Gasteiger partial charge on any atom is 0.209 e. The second-order valence-electron chi connectivity index (χ2n) is 5.51. The van der Waals surface area contributed by atoms with Crippen molar-refractivity contribution in [3.05, 3.63) is 24.3 Å². The van der Waals surface area contributed by atoms with Crippen molar-refractivity contribution in [2.24, 2.45) is 10.6 Å². The van der Waals surface area contributed by atoms with Crippen LogP contribution in [0.25, 0.3) is 0 Å². The predicted octanol–water partition coefficient (Wildman–Crippen LogP) is 0.784. The van der Waals surface area contributed by atoms with Crippen LogP contribution < -0.4 is 9.88 Å². The van der Waals surface area contributed by atoms with E-state index in [2.05, 4.69) is 0 Å². The lowest BCUT2D eigenvalue weighted by molar-refractivity contribution is 0.199. The van der Waals surface area contributed by atoms with Crippen molar-refractivity contribution in [1.29, 1.82) is 0 Å². The lowest BCUT2D eigenvalue weighted by atomic mass is 9.98. The third kappa shape index (κ3) is 5.89. The van der Waals surface area contributed by atoms with Gasteiger partial charge in [-0.1, -0.05) is 19.9 Å². The van der Waals surface area contributed by atoms with Crippen LogP contribution in [0.4, 0.5) is 0 Å². The highest BCUT2D eigenvalue weighted by atomic mass is 32.2. The first-order valence-electron chi connectivity index (χ1n) is 5.82. The third-order valence-electron chi connectivity index (χ3n) is 2.46. The maximum atomic E-state index is 11.4. The molecule has 1 rings (SSSR count). The van der Waals surface area contributed by atoms with Gasteiger partial charge in [0.2, 0.25) is 10.0 Å². The molecule has 6 nitrogen and oxygen atoms in total. The number of primary sulfonamides is 1. The number of ether oxygens (including phenoxy) is 1. The zero-order valence-electron chi connectivity index (χ0n) is 11.7. The van der Waals surface area contributed by atoms with Crippen LogP contribution in [0.15, 0.2) is 29.2 Å². The molecule has 2 N–H and O–H groups in total. The van der Waals surface area contributed by atoms with Gasteiger partial charge < -0.3 is 4.74 Å². The molecule has 0 bridgehead atoms. The lowest BCUT2D eigenvalue weighted by Gasteiger charge is -2.23. The Morgan fingerprint density at radius 1 is 1.20 bits per heavy atom. The summed E-state index contributed by atoms with van der Waals surface area (Å²) in [7, 11) is -6.90. The van der Waals surface area contributed by atoms with Crippen LogP contribution in [0.3, 0.4) is 0 Å². The summed E-state index contributed by atoms with van der Waals surface area (Å²) >= 11 is 0. The van der Waals surface area contributed by atoms with Gasteiger partial charge in [-0.2, -0.15) is 0 Å².